The van der Waals surface area contributed by atoms with E-state index in [1.165, 1.54) is 0 Å². The molecule has 1 saturated heterocycles. The number of piperidine rings is 1. The van der Waals surface area contributed by atoms with Crippen LogP contribution in [0.5, 0.6) is 0 Å². The number of carboxylic acids is 1. The molecule has 0 radical (unpaired) electrons. The molecule has 0 spiro atoms. The summed E-state index contributed by atoms with van der Waals surface area (Å²) < 4.78 is 1.97. The lowest BCUT2D eigenvalue weighted by atomic mass is 9.97. The Bertz CT molecular complexity index is 757. The van der Waals surface area contributed by atoms with Crippen LogP contribution in [0, 0.1) is 5.92 Å². The van der Waals surface area contributed by atoms with Crippen LogP contribution in [0.15, 0.2) is 41.8 Å². The average Bonchev–Trinajstić information content (AvgIpc) is 3.05. The number of carbonyl (C=O) groups is 2. The van der Waals surface area contributed by atoms with Crippen LogP contribution in [0.25, 0.3) is 0 Å². The first-order chi connectivity index (χ1) is 12.0. The van der Waals surface area contributed by atoms with Gasteiger partial charge in [0.15, 0.2) is 5.16 Å². The molecular formula is C18H21N3O3S. The van der Waals surface area contributed by atoms with E-state index in [1.807, 2.05) is 42.1 Å². The molecule has 132 valence electrons. The van der Waals surface area contributed by atoms with Crippen LogP contribution in [0.3, 0.4) is 0 Å². The number of hydrogen-bond donors (Lipinski definition) is 1. The highest BCUT2D eigenvalue weighted by Crippen LogP contribution is 2.22. The summed E-state index contributed by atoms with van der Waals surface area (Å²) in [6, 6.07) is 7.53. The summed E-state index contributed by atoms with van der Waals surface area (Å²) in [6.45, 7) is 0.921. The third-order valence-electron chi connectivity index (χ3n) is 4.40. The number of imidazole rings is 1. The van der Waals surface area contributed by atoms with Gasteiger partial charge < -0.3 is 14.6 Å². The van der Waals surface area contributed by atoms with Crippen molar-refractivity contribution in [2.24, 2.45) is 13.0 Å². The molecule has 25 heavy (non-hydrogen) atoms. The van der Waals surface area contributed by atoms with Crippen LogP contribution in [0.1, 0.15) is 28.8 Å². The van der Waals surface area contributed by atoms with Gasteiger partial charge in [-0.2, -0.15) is 0 Å². The van der Waals surface area contributed by atoms with Crippen LogP contribution < -0.4 is 0 Å². The first-order valence-electron chi connectivity index (χ1n) is 8.25. The molecular weight excluding hydrogens is 338 g/mol. The lowest BCUT2D eigenvalue weighted by molar-refractivity contribution is -0.143. The van der Waals surface area contributed by atoms with E-state index in [1.54, 1.807) is 22.9 Å². The maximum absolute atomic E-state index is 12.6. The molecule has 7 heteroatoms. The van der Waals surface area contributed by atoms with Crippen molar-refractivity contribution in [2.45, 2.75) is 23.8 Å². The molecule has 3 rings (SSSR count). The molecule has 1 aliphatic heterocycles. The molecule has 1 aromatic carbocycles. The highest BCUT2D eigenvalue weighted by Gasteiger charge is 2.28. The zero-order valence-corrected chi connectivity index (χ0v) is 14.9. The number of rotatable bonds is 5. The van der Waals surface area contributed by atoms with Gasteiger partial charge in [-0.15, -0.1) is 0 Å². The number of hydrogen-bond acceptors (Lipinski definition) is 4. The number of likely N-dealkylation sites (tertiary alicyclic amines) is 1. The van der Waals surface area contributed by atoms with E-state index in [9.17, 15) is 9.59 Å². The SMILES string of the molecule is Cn1ccnc1SCc1ccc(C(=O)N2CCCC(C(=O)O)C2)cc1. The molecule has 1 fully saturated rings. The molecule has 0 aliphatic carbocycles. The predicted molar refractivity (Wildman–Crippen MR) is 95.5 cm³/mol. The monoisotopic (exact) mass is 359 g/mol. The molecule has 2 aromatic rings. The van der Waals surface area contributed by atoms with Gasteiger partial charge in [0, 0.05) is 43.8 Å². The van der Waals surface area contributed by atoms with Crippen LogP contribution in [-0.4, -0.2) is 44.5 Å². The summed E-state index contributed by atoms with van der Waals surface area (Å²) in [4.78, 5) is 29.7. The van der Waals surface area contributed by atoms with E-state index >= 15 is 0 Å². The third kappa shape index (κ3) is 4.22. The summed E-state index contributed by atoms with van der Waals surface area (Å²) >= 11 is 1.64. The minimum absolute atomic E-state index is 0.0887. The van der Waals surface area contributed by atoms with Gasteiger partial charge in [-0.25, -0.2) is 4.98 Å². The zero-order valence-electron chi connectivity index (χ0n) is 14.1. The predicted octanol–water partition coefficient (Wildman–Crippen LogP) is 2.65. The fourth-order valence-electron chi connectivity index (χ4n) is 2.93. The van der Waals surface area contributed by atoms with Crippen molar-refractivity contribution >= 4 is 23.6 Å². The third-order valence-corrected chi connectivity index (χ3v) is 5.53. The maximum atomic E-state index is 12.6. The minimum Gasteiger partial charge on any atom is -0.481 e. The second-order valence-corrected chi connectivity index (χ2v) is 7.18. The van der Waals surface area contributed by atoms with Crippen LogP contribution in [0.2, 0.25) is 0 Å². The van der Waals surface area contributed by atoms with Crippen molar-refractivity contribution in [2.75, 3.05) is 13.1 Å². The van der Waals surface area contributed by atoms with E-state index in [0.717, 1.165) is 22.9 Å². The van der Waals surface area contributed by atoms with Crippen LogP contribution >= 0.6 is 11.8 Å². The summed E-state index contributed by atoms with van der Waals surface area (Å²) in [7, 11) is 1.96. The smallest absolute Gasteiger partial charge is 0.308 e. The molecule has 1 aromatic heterocycles. The molecule has 2 heterocycles. The van der Waals surface area contributed by atoms with Crippen LogP contribution in [-0.2, 0) is 17.6 Å². The average molecular weight is 359 g/mol. The second kappa shape index (κ2) is 7.74. The normalized spacial score (nSPS) is 17.5. The highest BCUT2D eigenvalue weighted by atomic mass is 32.2. The standard InChI is InChI=1S/C18H21N3O3S/c1-20-10-8-19-18(20)25-12-13-4-6-14(7-5-13)16(22)21-9-2-3-15(11-21)17(23)24/h4-8,10,15H,2-3,9,11-12H2,1H3,(H,23,24). The summed E-state index contributed by atoms with van der Waals surface area (Å²) in [5.41, 5.74) is 1.73. The largest absolute Gasteiger partial charge is 0.481 e. The van der Waals surface area contributed by atoms with Gasteiger partial charge in [0.25, 0.3) is 5.91 Å². The Balaban J connectivity index is 1.60. The van der Waals surface area contributed by atoms with Crippen molar-refractivity contribution in [1.82, 2.24) is 14.5 Å². The Labute approximate surface area is 150 Å². The fraction of sp³-hybridized carbons (Fsp3) is 0.389. The maximum Gasteiger partial charge on any atom is 0.308 e. The Morgan fingerprint density at radius 2 is 2.08 bits per heavy atom. The van der Waals surface area contributed by atoms with Crippen LogP contribution in [0.4, 0.5) is 0 Å². The van der Waals surface area contributed by atoms with Crippen molar-refractivity contribution in [1.29, 1.82) is 0 Å². The van der Waals surface area contributed by atoms with Gasteiger partial charge in [0.1, 0.15) is 0 Å². The number of thioether (sulfide) groups is 1. The first kappa shape index (κ1) is 17.5. The zero-order chi connectivity index (χ0) is 17.8. The first-order valence-corrected chi connectivity index (χ1v) is 9.24. The number of amides is 1. The summed E-state index contributed by atoms with van der Waals surface area (Å²) in [6.07, 6.45) is 5.06. The number of carboxylic acid groups (broad SMARTS) is 1. The van der Waals surface area contributed by atoms with E-state index in [0.29, 0.717) is 25.1 Å². The van der Waals surface area contributed by atoms with Gasteiger partial charge >= 0.3 is 5.97 Å². The Morgan fingerprint density at radius 3 is 2.72 bits per heavy atom. The topological polar surface area (TPSA) is 75.4 Å². The fourth-order valence-corrected chi connectivity index (χ4v) is 3.82. The molecule has 1 atom stereocenters. The van der Waals surface area contributed by atoms with E-state index in [-0.39, 0.29) is 5.91 Å². The highest BCUT2D eigenvalue weighted by molar-refractivity contribution is 7.98. The molecule has 0 bridgehead atoms. The number of aromatic nitrogens is 2. The molecule has 0 saturated carbocycles. The Kier molecular flexibility index (Phi) is 5.43. The molecule has 1 unspecified atom stereocenters. The summed E-state index contributed by atoms with van der Waals surface area (Å²) in [5, 5.41) is 10.1. The number of benzene rings is 1. The second-order valence-electron chi connectivity index (χ2n) is 6.23. The van der Waals surface area contributed by atoms with E-state index < -0.39 is 11.9 Å². The van der Waals surface area contributed by atoms with Gasteiger partial charge in [-0.3, -0.25) is 9.59 Å². The lowest BCUT2D eigenvalue weighted by Crippen LogP contribution is -2.42. The molecule has 1 amide bonds. The van der Waals surface area contributed by atoms with Crippen molar-refractivity contribution in [3.63, 3.8) is 0 Å². The van der Waals surface area contributed by atoms with Crippen molar-refractivity contribution in [3.05, 3.63) is 47.8 Å². The van der Waals surface area contributed by atoms with Gasteiger partial charge in [-0.05, 0) is 30.5 Å². The molecule has 1 N–H and O–H groups in total. The van der Waals surface area contributed by atoms with Gasteiger partial charge in [-0.1, -0.05) is 23.9 Å². The van der Waals surface area contributed by atoms with Crippen molar-refractivity contribution in [3.8, 4) is 0 Å². The Hall–Kier alpha value is -2.28. The minimum atomic E-state index is -0.820. The van der Waals surface area contributed by atoms with Gasteiger partial charge in [0.2, 0.25) is 0 Å². The lowest BCUT2D eigenvalue weighted by Gasteiger charge is -2.30. The van der Waals surface area contributed by atoms with Crippen molar-refractivity contribution < 1.29 is 14.7 Å². The van der Waals surface area contributed by atoms with E-state index in [2.05, 4.69) is 4.98 Å². The van der Waals surface area contributed by atoms with E-state index in [4.69, 9.17) is 5.11 Å². The number of nitrogens with zero attached hydrogens (tertiary/aromatic N) is 3. The quantitative estimate of drug-likeness (QED) is 0.831. The number of carbonyl (C=O) groups excluding carboxylic acids is 1. The summed E-state index contributed by atoms with van der Waals surface area (Å²) in [5.74, 6) is -0.580. The molecule has 6 nitrogen and oxygen atoms in total. The van der Waals surface area contributed by atoms with Gasteiger partial charge in [0.05, 0.1) is 5.92 Å². The number of aryl methyl sites for hydroxylation is 1. The molecule has 1 aliphatic rings. The Morgan fingerprint density at radius 1 is 1.32 bits per heavy atom. The number of aliphatic carboxylic acids is 1.